The van der Waals surface area contributed by atoms with E-state index in [1.807, 2.05) is 0 Å². The lowest BCUT2D eigenvalue weighted by Crippen LogP contribution is -2.26. The van der Waals surface area contributed by atoms with E-state index in [0.717, 1.165) is 12.8 Å². The van der Waals surface area contributed by atoms with Crippen LogP contribution in [-0.4, -0.2) is 36.8 Å². The fraction of sp³-hybridized carbons (Fsp3) is 0.556. The second-order valence-corrected chi connectivity index (χ2v) is 6.32. The van der Waals surface area contributed by atoms with Crippen LogP contribution in [0.25, 0.3) is 0 Å². The summed E-state index contributed by atoms with van der Waals surface area (Å²) in [4.78, 5) is 7.79. The molecule has 8 heteroatoms. The van der Waals surface area contributed by atoms with Crippen molar-refractivity contribution in [2.24, 2.45) is 0 Å². The van der Waals surface area contributed by atoms with Crippen molar-refractivity contribution in [3.05, 3.63) is 17.0 Å². The minimum Gasteiger partial charge on any atom is -0.377 e. The van der Waals surface area contributed by atoms with Gasteiger partial charge in [0.2, 0.25) is 10.0 Å². The van der Waals surface area contributed by atoms with Crippen LogP contribution in [0.5, 0.6) is 0 Å². The van der Waals surface area contributed by atoms with Gasteiger partial charge in [-0.2, -0.15) is 0 Å². The van der Waals surface area contributed by atoms with Crippen LogP contribution < -0.4 is 4.72 Å². The maximum absolute atomic E-state index is 11.8. The Morgan fingerprint density at radius 3 is 2.88 bits per heavy atom. The molecule has 1 aromatic heterocycles. The van der Waals surface area contributed by atoms with Crippen LogP contribution in [0, 0.1) is 0 Å². The van der Waals surface area contributed by atoms with E-state index in [2.05, 4.69) is 30.6 Å². The Bertz CT molecular complexity index is 471. The molecule has 17 heavy (non-hydrogen) atoms. The van der Waals surface area contributed by atoms with Gasteiger partial charge in [0.25, 0.3) is 0 Å². The number of anilines is 1. The standard InChI is InChI=1S/C9H12BrN3O3S/c10-8-4-12-9(5-11-8)13-17(14,15)6-7-2-1-3-16-7/h4-5,7H,1-3,6H2,(H,12,13). The van der Waals surface area contributed by atoms with Crippen LogP contribution >= 0.6 is 15.9 Å². The van der Waals surface area contributed by atoms with Gasteiger partial charge in [-0.3, -0.25) is 4.72 Å². The van der Waals surface area contributed by atoms with Crippen LogP contribution in [0.3, 0.4) is 0 Å². The first-order valence-electron chi connectivity index (χ1n) is 5.15. The molecular weight excluding hydrogens is 310 g/mol. The summed E-state index contributed by atoms with van der Waals surface area (Å²) in [6.07, 6.45) is 4.28. The van der Waals surface area contributed by atoms with Crippen LogP contribution in [0.4, 0.5) is 5.82 Å². The summed E-state index contributed by atoms with van der Waals surface area (Å²) in [5.41, 5.74) is 0. The molecule has 1 N–H and O–H groups in total. The van der Waals surface area contributed by atoms with Crippen molar-refractivity contribution >= 4 is 31.8 Å². The fourth-order valence-electron chi connectivity index (χ4n) is 1.59. The van der Waals surface area contributed by atoms with Gasteiger partial charge in [-0.05, 0) is 28.8 Å². The Morgan fingerprint density at radius 1 is 1.47 bits per heavy atom. The van der Waals surface area contributed by atoms with Crippen molar-refractivity contribution in [3.63, 3.8) is 0 Å². The third kappa shape index (κ3) is 3.90. The van der Waals surface area contributed by atoms with Gasteiger partial charge in [0, 0.05) is 6.61 Å². The molecule has 94 valence electrons. The molecule has 0 radical (unpaired) electrons. The number of nitrogens with one attached hydrogen (secondary N) is 1. The van der Waals surface area contributed by atoms with Crippen molar-refractivity contribution in [2.45, 2.75) is 18.9 Å². The van der Waals surface area contributed by atoms with Crippen molar-refractivity contribution < 1.29 is 13.2 Å². The van der Waals surface area contributed by atoms with Crippen LogP contribution in [-0.2, 0) is 14.8 Å². The number of aromatic nitrogens is 2. The fourth-order valence-corrected chi connectivity index (χ4v) is 3.05. The number of hydrogen-bond donors (Lipinski definition) is 1. The molecule has 1 unspecified atom stereocenters. The Kier molecular flexibility index (Phi) is 3.95. The van der Waals surface area contributed by atoms with E-state index in [0.29, 0.717) is 11.2 Å². The number of sulfonamides is 1. The molecule has 2 rings (SSSR count). The first kappa shape index (κ1) is 12.7. The smallest absolute Gasteiger partial charge is 0.236 e. The average Bonchev–Trinajstić information content (AvgIpc) is 2.73. The van der Waals surface area contributed by atoms with Gasteiger partial charge in [-0.15, -0.1) is 0 Å². The third-order valence-electron chi connectivity index (χ3n) is 2.31. The Hall–Kier alpha value is -0.730. The SMILES string of the molecule is O=S(=O)(CC1CCCO1)Nc1cnc(Br)cn1. The summed E-state index contributed by atoms with van der Waals surface area (Å²) in [6.45, 7) is 0.637. The van der Waals surface area contributed by atoms with Crippen LogP contribution in [0.15, 0.2) is 17.0 Å². The number of halogens is 1. The molecule has 0 spiro atoms. The lowest BCUT2D eigenvalue weighted by molar-refractivity contribution is 0.127. The van der Waals surface area contributed by atoms with Crippen LogP contribution in [0.2, 0.25) is 0 Å². The Balaban J connectivity index is 1.98. The lowest BCUT2D eigenvalue weighted by atomic mass is 10.3. The highest BCUT2D eigenvalue weighted by molar-refractivity contribution is 9.10. The van der Waals surface area contributed by atoms with Crippen molar-refractivity contribution in [2.75, 3.05) is 17.1 Å². The number of nitrogens with zero attached hydrogens (tertiary/aromatic N) is 2. The molecule has 0 bridgehead atoms. The molecule has 0 saturated carbocycles. The van der Waals surface area contributed by atoms with Crippen LogP contribution in [0.1, 0.15) is 12.8 Å². The maximum Gasteiger partial charge on any atom is 0.236 e. The normalized spacial score (nSPS) is 20.4. The van der Waals surface area contributed by atoms with E-state index in [9.17, 15) is 8.42 Å². The van der Waals surface area contributed by atoms with Crippen molar-refractivity contribution in [1.29, 1.82) is 0 Å². The molecule has 2 heterocycles. The number of ether oxygens (including phenoxy) is 1. The van der Waals surface area contributed by atoms with Gasteiger partial charge in [-0.1, -0.05) is 0 Å². The maximum atomic E-state index is 11.8. The van der Waals surface area contributed by atoms with E-state index in [1.165, 1.54) is 12.4 Å². The molecule has 0 amide bonds. The van der Waals surface area contributed by atoms with E-state index >= 15 is 0 Å². The Morgan fingerprint density at radius 2 is 2.29 bits per heavy atom. The molecule has 6 nitrogen and oxygen atoms in total. The summed E-state index contributed by atoms with van der Waals surface area (Å²) in [5.74, 6) is 0.177. The topological polar surface area (TPSA) is 81.2 Å². The van der Waals surface area contributed by atoms with Gasteiger partial charge in [0.1, 0.15) is 4.60 Å². The molecule has 1 fully saturated rings. The predicted octanol–water partition coefficient (Wildman–Crippen LogP) is 1.16. The second-order valence-electron chi connectivity index (χ2n) is 3.74. The van der Waals surface area contributed by atoms with E-state index < -0.39 is 10.0 Å². The van der Waals surface area contributed by atoms with E-state index in [-0.39, 0.29) is 17.7 Å². The van der Waals surface area contributed by atoms with E-state index in [1.54, 1.807) is 0 Å². The molecule has 1 atom stereocenters. The minimum atomic E-state index is -3.42. The minimum absolute atomic E-state index is 0.0370. The summed E-state index contributed by atoms with van der Waals surface area (Å²) < 4.78 is 31.7. The number of rotatable bonds is 4. The zero-order valence-corrected chi connectivity index (χ0v) is 11.4. The highest BCUT2D eigenvalue weighted by Crippen LogP contribution is 2.15. The van der Waals surface area contributed by atoms with Gasteiger partial charge < -0.3 is 4.74 Å². The molecule has 1 aromatic rings. The van der Waals surface area contributed by atoms with Gasteiger partial charge in [0.05, 0.1) is 24.3 Å². The predicted molar refractivity (Wildman–Crippen MR) is 66.1 cm³/mol. The average molecular weight is 322 g/mol. The summed E-state index contributed by atoms with van der Waals surface area (Å²) >= 11 is 3.13. The largest absolute Gasteiger partial charge is 0.377 e. The van der Waals surface area contributed by atoms with E-state index in [4.69, 9.17) is 4.74 Å². The molecule has 0 aromatic carbocycles. The highest BCUT2D eigenvalue weighted by atomic mass is 79.9. The molecule has 0 aliphatic carbocycles. The zero-order chi connectivity index (χ0) is 12.3. The second kappa shape index (κ2) is 5.28. The summed E-state index contributed by atoms with van der Waals surface area (Å²) in [6, 6.07) is 0. The van der Waals surface area contributed by atoms with Crippen molar-refractivity contribution in [3.8, 4) is 0 Å². The van der Waals surface area contributed by atoms with Gasteiger partial charge in [-0.25, -0.2) is 18.4 Å². The van der Waals surface area contributed by atoms with Crippen molar-refractivity contribution in [1.82, 2.24) is 9.97 Å². The zero-order valence-electron chi connectivity index (χ0n) is 8.97. The van der Waals surface area contributed by atoms with Gasteiger partial charge in [0.15, 0.2) is 5.82 Å². The quantitative estimate of drug-likeness (QED) is 0.900. The first-order chi connectivity index (χ1) is 8.05. The number of hydrogen-bond acceptors (Lipinski definition) is 5. The first-order valence-corrected chi connectivity index (χ1v) is 7.59. The van der Waals surface area contributed by atoms with Gasteiger partial charge >= 0.3 is 0 Å². The lowest BCUT2D eigenvalue weighted by Gasteiger charge is -2.11. The monoisotopic (exact) mass is 321 g/mol. The summed E-state index contributed by atoms with van der Waals surface area (Å²) in [7, 11) is -3.42. The summed E-state index contributed by atoms with van der Waals surface area (Å²) in [5, 5.41) is 0. The highest BCUT2D eigenvalue weighted by Gasteiger charge is 2.23. The molecular formula is C9H12BrN3O3S. The molecule has 1 aliphatic heterocycles. The molecule has 1 saturated heterocycles. The Labute approximate surface area is 108 Å². The molecule has 1 aliphatic rings. The third-order valence-corrected chi connectivity index (χ3v) is 4.05.